The molecule has 1 saturated heterocycles. The topological polar surface area (TPSA) is 92.3 Å². The van der Waals surface area contributed by atoms with Crippen LogP contribution >= 0.6 is 23.2 Å². The van der Waals surface area contributed by atoms with Crippen LogP contribution in [0.15, 0.2) is 36.4 Å². The molecule has 2 aromatic carbocycles. The molecular formula is C22H24Cl2N2O4S. The molecule has 0 aliphatic carbocycles. The molecule has 6 nitrogen and oxygen atoms in total. The smallest absolute Gasteiger partial charge is 0.224 e. The van der Waals surface area contributed by atoms with Gasteiger partial charge in [0, 0.05) is 34.3 Å². The summed E-state index contributed by atoms with van der Waals surface area (Å²) < 4.78 is 24.5. The van der Waals surface area contributed by atoms with E-state index in [0.717, 1.165) is 11.1 Å². The molecule has 166 valence electrons. The summed E-state index contributed by atoms with van der Waals surface area (Å²) in [7, 11) is -3.31. The molecule has 0 unspecified atom stereocenters. The van der Waals surface area contributed by atoms with Crippen LogP contribution in [-0.4, -0.2) is 31.7 Å². The van der Waals surface area contributed by atoms with Crippen molar-refractivity contribution in [3.05, 3.63) is 57.6 Å². The minimum Gasteiger partial charge on any atom is -0.326 e. The lowest BCUT2D eigenvalue weighted by Crippen LogP contribution is -2.25. The average molecular weight is 483 g/mol. The highest BCUT2D eigenvalue weighted by Gasteiger charge is 2.39. The van der Waals surface area contributed by atoms with Gasteiger partial charge >= 0.3 is 0 Å². The number of carbonyl (C=O) groups excluding carboxylic acids is 2. The monoisotopic (exact) mass is 482 g/mol. The molecule has 0 radical (unpaired) electrons. The van der Waals surface area contributed by atoms with Gasteiger partial charge < -0.3 is 10.6 Å². The molecular weight excluding hydrogens is 459 g/mol. The van der Waals surface area contributed by atoms with Crippen LogP contribution in [0.3, 0.4) is 0 Å². The number of nitrogens with one attached hydrogen (secondary N) is 2. The number of sulfone groups is 1. The van der Waals surface area contributed by atoms with Crippen molar-refractivity contribution in [3.63, 3.8) is 0 Å². The Hall–Kier alpha value is -2.09. The fourth-order valence-electron chi connectivity index (χ4n) is 3.81. The van der Waals surface area contributed by atoms with Crippen LogP contribution in [0.25, 0.3) is 0 Å². The summed E-state index contributed by atoms with van der Waals surface area (Å²) in [6, 6.07) is 10.4. The van der Waals surface area contributed by atoms with E-state index >= 15 is 0 Å². The SMILES string of the molecule is Cc1c(Cl)cccc1NC(=O)C[C@@H]1CS(=O)(=O)C[C@H]1CC(=O)Nc1cccc(Cl)c1C. The van der Waals surface area contributed by atoms with Crippen LogP contribution in [-0.2, 0) is 19.4 Å². The van der Waals surface area contributed by atoms with Gasteiger partial charge in [-0.2, -0.15) is 0 Å². The standard InChI is InChI=1S/C22H24Cl2N2O4S/c1-13-17(23)5-3-7-19(13)25-21(27)9-15-11-31(29,30)12-16(15)10-22(28)26-20-8-4-6-18(24)14(20)2/h3-8,15-16H,9-12H2,1-2H3,(H,25,27)(H,26,28)/t15-,16-/m1/s1. The second kappa shape index (κ2) is 9.59. The summed E-state index contributed by atoms with van der Waals surface area (Å²) in [6.07, 6.45) is 0.0264. The van der Waals surface area contributed by atoms with Crippen molar-refractivity contribution in [3.8, 4) is 0 Å². The van der Waals surface area contributed by atoms with Crippen LogP contribution in [0.5, 0.6) is 0 Å². The van der Waals surface area contributed by atoms with Gasteiger partial charge in [-0.1, -0.05) is 35.3 Å². The molecule has 2 aromatic rings. The summed E-state index contributed by atoms with van der Waals surface area (Å²) in [6.45, 7) is 3.59. The van der Waals surface area contributed by atoms with Crippen molar-refractivity contribution in [2.45, 2.75) is 26.7 Å². The van der Waals surface area contributed by atoms with E-state index in [2.05, 4.69) is 10.6 Å². The summed E-state index contributed by atoms with van der Waals surface area (Å²) in [5.41, 5.74) is 2.65. The van der Waals surface area contributed by atoms with Crippen molar-refractivity contribution < 1.29 is 18.0 Å². The third-order valence-electron chi connectivity index (χ3n) is 5.58. The Balaban J connectivity index is 1.66. The predicted molar refractivity (Wildman–Crippen MR) is 125 cm³/mol. The first kappa shape index (κ1) is 23.6. The van der Waals surface area contributed by atoms with Crippen LogP contribution in [0, 0.1) is 25.7 Å². The highest BCUT2D eigenvalue weighted by Crippen LogP contribution is 2.32. The maximum absolute atomic E-state index is 12.6. The number of carbonyl (C=O) groups is 2. The molecule has 9 heteroatoms. The molecule has 1 heterocycles. The number of rotatable bonds is 6. The first-order chi connectivity index (χ1) is 14.6. The molecule has 0 spiro atoms. The molecule has 3 rings (SSSR count). The van der Waals surface area contributed by atoms with Gasteiger partial charge in [0.1, 0.15) is 0 Å². The quantitative estimate of drug-likeness (QED) is 0.627. The van der Waals surface area contributed by atoms with E-state index < -0.39 is 21.7 Å². The molecule has 1 aliphatic heterocycles. The summed E-state index contributed by atoms with van der Waals surface area (Å²) in [4.78, 5) is 25.2. The van der Waals surface area contributed by atoms with Gasteiger partial charge in [0.15, 0.2) is 9.84 Å². The minimum atomic E-state index is -3.31. The van der Waals surface area contributed by atoms with E-state index in [1.54, 1.807) is 50.2 Å². The van der Waals surface area contributed by atoms with Crippen LogP contribution in [0.2, 0.25) is 10.0 Å². The van der Waals surface area contributed by atoms with Gasteiger partial charge in [0.25, 0.3) is 0 Å². The predicted octanol–water partition coefficient (Wildman–Crippen LogP) is 4.63. The minimum absolute atomic E-state index is 0.0132. The fourth-order valence-corrected chi connectivity index (χ4v) is 6.38. The van der Waals surface area contributed by atoms with Crippen LogP contribution in [0.1, 0.15) is 24.0 Å². The number of anilines is 2. The van der Waals surface area contributed by atoms with Crippen molar-refractivity contribution in [2.24, 2.45) is 11.8 Å². The van der Waals surface area contributed by atoms with Gasteiger partial charge in [0.2, 0.25) is 11.8 Å². The van der Waals surface area contributed by atoms with E-state index in [4.69, 9.17) is 23.2 Å². The first-order valence-corrected chi connectivity index (χ1v) is 12.4. The highest BCUT2D eigenvalue weighted by molar-refractivity contribution is 7.91. The van der Waals surface area contributed by atoms with E-state index in [9.17, 15) is 18.0 Å². The Labute approximate surface area is 192 Å². The normalized spacial score (nSPS) is 19.7. The van der Waals surface area contributed by atoms with Crippen molar-refractivity contribution >= 4 is 56.2 Å². The molecule has 1 aliphatic rings. The van der Waals surface area contributed by atoms with Gasteiger partial charge in [0.05, 0.1) is 11.5 Å². The van der Waals surface area contributed by atoms with E-state index in [-0.39, 0.29) is 36.2 Å². The molecule has 0 bridgehead atoms. The Bertz CT molecular complexity index is 1040. The third-order valence-corrected chi connectivity index (χ3v) is 8.27. The number of benzene rings is 2. The van der Waals surface area contributed by atoms with Crippen molar-refractivity contribution in [1.29, 1.82) is 0 Å². The Morgan fingerprint density at radius 2 is 1.23 bits per heavy atom. The van der Waals surface area contributed by atoms with Gasteiger partial charge in [-0.25, -0.2) is 8.42 Å². The number of amides is 2. The summed E-state index contributed by atoms with van der Waals surface area (Å²) >= 11 is 12.2. The average Bonchev–Trinajstić information content (AvgIpc) is 2.95. The third kappa shape index (κ3) is 5.99. The van der Waals surface area contributed by atoms with E-state index in [1.165, 1.54) is 0 Å². The highest BCUT2D eigenvalue weighted by atomic mass is 35.5. The van der Waals surface area contributed by atoms with Gasteiger partial charge in [-0.3, -0.25) is 9.59 Å². The van der Waals surface area contributed by atoms with Crippen LogP contribution in [0.4, 0.5) is 11.4 Å². The maximum atomic E-state index is 12.6. The van der Waals surface area contributed by atoms with Crippen LogP contribution < -0.4 is 10.6 Å². The zero-order valence-corrected chi connectivity index (χ0v) is 19.6. The fraction of sp³-hybridized carbons (Fsp3) is 0.364. The lowest BCUT2D eigenvalue weighted by atomic mass is 9.89. The molecule has 31 heavy (non-hydrogen) atoms. The largest absolute Gasteiger partial charge is 0.326 e. The molecule has 1 fully saturated rings. The number of halogens is 2. The summed E-state index contributed by atoms with van der Waals surface area (Å²) in [5.74, 6) is -1.69. The second-order valence-corrected chi connectivity index (χ2v) is 10.9. The lowest BCUT2D eigenvalue weighted by molar-refractivity contribution is -0.119. The Morgan fingerprint density at radius 3 is 1.61 bits per heavy atom. The van der Waals surface area contributed by atoms with E-state index in [0.29, 0.717) is 21.4 Å². The van der Waals surface area contributed by atoms with Crippen molar-refractivity contribution in [1.82, 2.24) is 0 Å². The molecule has 2 N–H and O–H groups in total. The second-order valence-electron chi connectivity index (χ2n) is 7.93. The Morgan fingerprint density at radius 1 is 0.839 bits per heavy atom. The maximum Gasteiger partial charge on any atom is 0.224 e. The molecule has 0 aromatic heterocycles. The number of hydrogen-bond donors (Lipinski definition) is 2. The van der Waals surface area contributed by atoms with E-state index in [1.807, 2.05) is 0 Å². The van der Waals surface area contributed by atoms with Gasteiger partial charge in [-0.05, 0) is 61.1 Å². The molecule has 2 amide bonds. The van der Waals surface area contributed by atoms with Gasteiger partial charge in [-0.15, -0.1) is 0 Å². The van der Waals surface area contributed by atoms with Crippen molar-refractivity contribution in [2.75, 3.05) is 22.1 Å². The zero-order valence-electron chi connectivity index (χ0n) is 17.2. The zero-order chi connectivity index (χ0) is 22.8. The first-order valence-electron chi connectivity index (χ1n) is 9.86. The molecule has 2 atom stereocenters. The Kier molecular flexibility index (Phi) is 7.29. The molecule has 0 saturated carbocycles. The lowest BCUT2D eigenvalue weighted by Gasteiger charge is -2.18. The summed E-state index contributed by atoms with van der Waals surface area (Å²) in [5, 5.41) is 6.67. The number of hydrogen-bond acceptors (Lipinski definition) is 4.